The third-order valence-electron chi connectivity index (χ3n) is 8.38. The number of fused-ring (bicyclic) bond motifs is 1. The zero-order valence-corrected chi connectivity index (χ0v) is 23.7. The van der Waals surface area contributed by atoms with Crippen molar-refractivity contribution < 1.29 is 40.3 Å². The number of alkyl halides is 6. The van der Waals surface area contributed by atoms with Crippen molar-refractivity contribution in [3.8, 4) is 11.3 Å². The molecular formula is C33H26F7N3O2. The van der Waals surface area contributed by atoms with Gasteiger partial charge in [0.1, 0.15) is 5.82 Å². The second kappa shape index (κ2) is 11.5. The van der Waals surface area contributed by atoms with Crippen LogP contribution in [0.5, 0.6) is 0 Å². The molecular weight excluding hydrogens is 603 g/mol. The lowest BCUT2D eigenvalue weighted by Gasteiger charge is -2.33. The van der Waals surface area contributed by atoms with Gasteiger partial charge < -0.3 is 9.64 Å². The molecule has 1 fully saturated rings. The van der Waals surface area contributed by atoms with Gasteiger partial charge in [-0.3, -0.25) is 9.89 Å². The molecule has 2 unspecified atom stereocenters. The fourth-order valence-corrected chi connectivity index (χ4v) is 6.18. The zero-order chi connectivity index (χ0) is 32.1. The summed E-state index contributed by atoms with van der Waals surface area (Å²) in [4.78, 5) is 15.0. The van der Waals surface area contributed by atoms with Crippen molar-refractivity contribution in [2.24, 2.45) is 0 Å². The molecule has 3 aromatic carbocycles. The number of halogens is 7. The van der Waals surface area contributed by atoms with Crippen molar-refractivity contribution in [2.75, 3.05) is 6.54 Å². The number of aromatic nitrogens is 2. The predicted molar refractivity (Wildman–Crippen MR) is 151 cm³/mol. The summed E-state index contributed by atoms with van der Waals surface area (Å²) in [5.41, 5.74) is 0.735. The molecule has 5 nitrogen and oxygen atoms in total. The molecule has 1 N–H and O–H groups in total. The fourth-order valence-electron chi connectivity index (χ4n) is 6.18. The summed E-state index contributed by atoms with van der Waals surface area (Å²) in [6.45, 7) is 1.42. The first-order valence-electron chi connectivity index (χ1n) is 14.1. The van der Waals surface area contributed by atoms with Crippen molar-refractivity contribution in [3.63, 3.8) is 0 Å². The topological polar surface area (TPSA) is 58.2 Å². The zero-order valence-electron chi connectivity index (χ0n) is 23.7. The standard InChI is InChI=1S/C33H26F7N3O2/c1-18(22-12-24(32(35,36)37)16-25(13-22)33(38,39)40)45-29-17-43-28(31(29)21-6-8-26(34)9-7-21)14-23(15-30(43)44)19-2-4-20(5-3-19)27-10-11-41-42-27/h2-13,15-16,18,28-29,31H,14,17H2,1H3,(H,41,42)/t18-,28?,29+,31?/m1/s1. The summed E-state index contributed by atoms with van der Waals surface area (Å²) < 4.78 is 101. The predicted octanol–water partition coefficient (Wildman–Crippen LogP) is 8.18. The lowest BCUT2D eigenvalue weighted by molar-refractivity contribution is -0.143. The van der Waals surface area contributed by atoms with Crippen LogP contribution in [-0.4, -0.2) is 39.7 Å². The Morgan fingerprint density at radius 2 is 1.51 bits per heavy atom. The maximum absolute atomic E-state index is 13.9. The number of hydrogen-bond acceptors (Lipinski definition) is 3. The van der Waals surface area contributed by atoms with Gasteiger partial charge in [0.05, 0.1) is 29.0 Å². The second-order valence-corrected chi connectivity index (χ2v) is 11.2. The van der Waals surface area contributed by atoms with E-state index in [9.17, 15) is 35.5 Å². The van der Waals surface area contributed by atoms with Gasteiger partial charge in [-0.15, -0.1) is 0 Å². The number of nitrogens with one attached hydrogen (secondary N) is 1. The van der Waals surface area contributed by atoms with Crippen LogP contribution in [0.25, 0.3) is 16.8 Å². The molecule has 4 atom stereocenters. The number of benzene rings is 3. The molecule has 45 heavy (non-hydrogen) atoms. The molecule has 1 amide bonds. The van der Waals surface area contributed by atoms with Crippen molar-refractivity contribution in [1.82, 2.24) is 15.1 Å². The summed E-state index contributed by atoms with van der Waals surface area (Å²) in [7, 11) is 0. The highest BCUT2D eigenvalue weighted by Crippen LogP contribution is 2.45. The van der Waals surface area contributed by atoms with E-state index < -0.39 is 53.5 Å². The van der Waals surface area contributed by atoms with Crippen LogP contribution in [0, 0.1) is 5.82 Å². The number of nitrogens with zero attached hydrogens (tertiary/aromatic N) is 2. The van der Waals surface area contributed by atoms with Gasteiger partial charge in [0.15, 0.2) is 0 Å². The van der Waals surface area contributed by atoms with E-state index in [1.54, 1.807) is 23.2 Å². The van der Waals surface area contributed by atoms with Gasteiger partial charge in [0.2, 0.25) is 5.91 Å². The summed E-state index contributed by atoms with van der Waals surface area (Å²) >= 11 is 0. The molecule has 0 aliphatic carbocycles. The first-order valence-corrected chi connectivity index (χ1v) is 14.1. The smallest absolute Gasteiger partial charge is 0.368 e. The molecule has 0 saturated carbocycles. The first kappa shape index (κ1) is 30.6. The minimum Gasteiger partial charge on any atom is -0.368 e. The van der Waals surface area contributed by atoms with Crippen molar-refractivity contribution in [3.05, 3.63) is 119 Å². The van der Waals surface area contributed by atoms with Crippen LogP contribution in [0.3, 0.4) is 0 Å². The van der Waals surface area contributed by atoms with Gasteiger partial charge in [-0.05, 0) is 77.6 Å². The molecule has 6 rings (SSSR count). The molecule has 4 aromatic rings. The molecule has 0 spiro atoms. The van der Waals surface area contributed by atoms with Gasteiger partial charge in [-0.1, -0.05) is 36.4 Å². The van der Waals surface area contributed by atoms with Crippen molar-refractivity contribution in [1.29, 1.82) is 0 Å². The minimum absolute atomic E-state index is 0.0452. The van der Waals surface area contributed by atoms with E-state index in [4.69, 9.17) is 4.74 Å². The normalized spacial score (nSPS) is 21.1. The van der Waals surface area contributed by atoms with Crippen molar-refractivity contribution >= 4 is 11.5 Å². The van der Waals surface area contributed by atoms with Crippen LogP contribution in [0.4, 0.5) is 30.7 Å². The molecule has 0 radical (unpaired) electrons. The van der Waals surface area contributed by atoms with Gasteiger partial charge in [-0.25, -0.2) is 4.39 Å². The summed E-state index contributed by atoms with van der Waals surface area (Å²) in [5, 5.41) is 6.85. The number of rotatable bonds is 6. The Bertz CT molecular complexity index is 1680. The quantitative estimate of drug-likeness (QED) is 0.219. The summed E-state index contributed by atoms with van der Waals surface area (Å²) in [6.07, 6.45) is -8.46. The number of H-pyrrole nitrogens is 1. The molecule has 234 valence electrons. The molecule has 0 bridgehead atoms. The maximum atomic E-state index is 13.9. The molecule has 3 heterocycles. The average Bonchev–Trinajstić information content (AvgIpc) is 3.66. The Morgan fingerprint density at radius 1 is 0.889 bits per heavy atom. The van der Waals surface area contributed by atoms with E-state index in [-0.39, 0.29) is 24.1 Å². The lowest BCUT2D eigenvalue weighted by Crippen LogP contribution is -2.39. The number of carbonyl (C=O) groups excluding carboxylic acids is 1. The Balaban J connectivity index is 1.31. The highest BCUT2D eigenvalue weighted by atomic mass is 19.4. The largest absolute Gasteiger partial charge is 0.416 e. The minimum atomic E-state index is -5.01. The third-order valence-corrected chi connectivity index (χ3v) is 8.38. The van der Waals surface area contributed by atoms with Gasteiger partial charge in [-0.2, -0.15) is 31.4 Å². The highest BCUT2D eigenvalue weighted by Gasteiger charge is 2.48. The Hall–Kier alpha value is -4.45. The molecule has 2 aliphatic heterocycles. The van der Waals surface area contributed by atoms with Crippen LogP contribution in [0.2, 0.25) is 0 Å². The van der Waals surface area contributed by atoms with Gasteiger partial charge in [0.25, 0.3) is 0 Å². The average molecular weight is 630 g/mol. The number of aromatic amines is 1. The van der Waals surface area contributed by atoms with Crippen molar-refractivity contribution in [2.45, 2.75) is 49.9 Å². The number of ether oxygens (including phenoxy) is 1. The Morgan fingerprint density at radius 3 is 2.09 bits per heavy atom. The second-order valence-electron chi connectivity index (χ2n) is 11.2. The van der Waals surface area contributed by atoms with E-state index in [0.29, 0.717) is 24.1 Å². The fraction of sp³-hybridized carbons (Fsp3) is 0.273. The van der Waals surface area contributed by atoms with Gasteiger partial charge in [0, 0.05) is 30.8 Å². The number of amides is 1. The summed E-state index contributed by atoms with van der Waals surface area (Å²) in [6, 6.07) is 15.9. The van der Waals surface area contributed by atoms with E-state index in [1.165, 1.54) is 25.1 Å². The lowest BCUT2D eigenvalue weighted by atomic mass is 9.83. The summed E-state index contributed by atoms with van der Waals surface area (Å²) in [5.74, 6) is -1.33. The number of hydrogen-bond donors (Lipinski definition) is 1. The SMILES string of the molecule is C[C@@H](O[C@H]1CN2C(=O)C=C(c3ccc(-c4ccn[nH]4)cc3)CC2C1c1ccc(F)cc1)c1cc(C(F)(F)F)cc(C(F)(F)F)c1. The van der Waals surface area contributed by atoms with Crippen LogP contribution < -0.4 is 0 Å². The van der Waals surface area contributed by atoms with Gasteiger partial charge >= 0.3 is 12.4 Å². The molecule has 1 aromatic heterocycles. The highest BCUT2D eigenvalue weighted by molar-refractivity contribution is 5.98. The Kier molecular flexibility index (Phi) is 7.80. The van der Waals surface area contributed by atoms with Crippen LogP contribution in [-0.2, 0) is 21.9 Å². The number of carbonyl (C=O) groups is 1. The monoisotopic (exact) mass is 629 g/mol. The van der Waals surface area contributed by atoms with E-state index in [1.807, 2.05) is 30.3 Å². The third kappa shape index (κ3) is 6.24. The van der Waals surface area contributed by atoms with E-state index in [2.05, 4.69) is 10.2 Å². The van der Waals surface area contributed by atoms with Crippen LogP contribution >= 0.6 is 0 Å². The van der Waals surface area contributed by atoms with E-state index >= 15 is 0 Å². The van der Waals surface area contributed by atoms with Crippen LogP contribution in [0.1, 0.15) is 53.2 Å². The Labute approximate surface area is 253 Å². The van der Waals surface area contributed by atoms with Crippen LogP contribution in [0.15, 0.2) is 85.1 Å². The molecule has 1 saturated heterocycles. The maximum Gasteiger partial charge on any atom is 0.416 e. The molecule has 2 aliphatic rings. The molecule has 12 heteroatoms. The van der Waals surface area contributed by atoms with E-state index in [0.717, 1.165) is 22.4 Å². The first-order chi connectivity index (χ1) is 21.3.